The third-order valence-electron chi connectivity index (χ3n) is 0.283. The van der Waals surface area contributed by atoms with Crippen molar-refractivity contribution in [2.24, 2.45) is 0 Å². The van der Waals surface area contributed by atoms with Gasteiger partial charge < -0.3 is 4.52 Å². The summed E-state index contributed by atoms with van der Waals surface area (Å²) in [5.41, 5.74) is 0. The van der Waals surface area contributed by atoms with Crippen molar-refractivity contribution in [2.45, 2.75) is 0 Å². The van der Waals surface area contributed by atoms with Crippen LogP contribution >= 0.6 is 0 Å². The first-order valence-electron chi connectivity index (χ1n) is 1.21. The maximum Gasteiger partial charge on any atom is 0.144 e. The Morgan fingerprint density at radius 1 is 1.50 bits per heavy atom. The van der Waals surface area contributed by atoms with Crippen LogP contribution in [0.5, 0.6) is 0 Å². The van der Waals surface area contributed by atoms with Gasteiger partial charge in [-0.1, -0.05) is 0 Å². The van der Waals surface area contributed by atoms with Gasteiger partial charge >= 0.3 is 0 Å². The second-order valence-electron chi connectivity index (χ2n) is 0.588. The zero-order valence-electron chi connectivity index (χ0n) is 2.90. The average molecular weight is 84.1 g/mol. The highest BCUT2D eigenvalue weighted by molar-refractivity contribution is 4.48. The molecule has 0 bridgehead atoms. The summed E-state index contributed by atoms with van der Waals surface area (Å²) in [6, 6.07) is 0. The first kappa shape index (κ1) is 5.10. The van der Waals surface area contributed by atoms with Crippen LogP contribution in [0.1, 0.15) is 0 Å². The Kier molecular flexibility index (Phi) is 1.99. The van der Waals surface area contributed by atoms with Crippen LogP contribution < -0.4 is 6.15 Å². The number of nitrogens with zero attached hydrogens (tertiary/aromatic N) is 3. The zero-order valence-corrected chi connectivity index (χ0v) is 2.90. The van der Waals surface area contributed by atoms with E-state index in [-0.39, 0.29) is 6.15 Å². The molecule has 0 atom stereocenters. The number of hydrogen-bond acceptors (Lipinski definition) is 3. The lowest BCUT2D eigenvalue weighted by molar-refractivity contribution is 0.393. The molecule has 6 heavy (non-hydrogen) atoms. The third-order valence-corrected chi connectivity index (χ3v) is 0.283. The molecule has 3 radical (unpaired) electrons. The average Bonchev–Trinajstić information content (AvgIpc) is 1.76. The Morgan fingerprint density at radius 2 is 2.33 bits per heavy atom. The van der Waals surface area contributed by atoms with Crippen LogP contribution in [-0.2, 0) is 0 Å². The van der Waals surface area contributed by atoms with Crippen molar-refractivity contribution in [1.29, 1.82) is 0 Å². The van der Waals surface area contributed by atoms with Crippen LogP contribution in [0.15, 0.2) is 17.0 Å². The van der Waals surface area contributed by atoms with E-state index in [4.69, 9.17) is 0 Å². The van der Waals surface area contributed by atoms with Crippen LogP contribution in [0.4, 0.5) is 0 Å². The molecule has 0 N–H and O–H groups in total. The molecule has 0 spiro atoms. The van der Waals surface area contributed by atoms with Gasteiger partial charge in [0.25, 0.3) is 0 Å². The van der Waals surface area contributed by atoms with Crippen LogP contribution in [0, 0.1) is 0 Å². The van der Waals surface area contributed by atoms with Crippen LogP contribution in [0.3, 0.4) is 0 Å². The molecule has 0 aliphatic heterocycles. The lowest BCUT2D eigenvalue weighted by Gasteiger charge is -1.45. The summed E-state index contributed by atoms with van der Waals surface area (Å²) in [5, 5.41) is 6.40. The molecule has 1 heterocycles. The van der Waals surface area contributed by atoms with E-state index in [1.165, 1.54) is 12.5 Å². The molecule has 0 unspecified atom stereocenters. The van der Waals surface area contributed by atoms with E-state index in [0.717, 1.165) is 0 Å². The molecule has 4 nitrogen and oxygen atoms in total. The molecule has 4 heteroatoms. The van der Waals surface area contributed by atoms with Crippen molar-refractivity contribution in [3.63, 3.8) is 0 Å². The van der Waals surface area contributed by atoms with Crippen molar-refractivity contribution >= 4 is 0 Å². The summed E-state index contributed by atoms with van der Waals surface area (Å²) in [4.78, 5) is 0. The molecule has 0 aromatic carbocycles. The minimum Gasteiger partial charge on any atom is -0.346 e. The lowest BCUT2D eigenvalue weighted by atomic mass is 11.0. The Morgan fingerprint density at radius 3 is 2.50 bits per heavy atom. The van der Waals surface area contributed by atoms with Crippen molar-refractivity contribution in [1.82, 2.24) is 16.5 Å². The molecular weight excluding hydrogens is 82.0 g/mol. The first-order chi connectivity index (χ1) is 2.50. The smallest absolute Gasteiger partial charge is 0.144 e. The molecule has 1 aromatic heterocycles. The summed E-state index contributed by atoms with van der Waals surface area (Å²) in [5.74, 6) is 0. The molecule has 31 valence electrons. The molecule has 0 aliphatic carbocycles. The summed E-state index contributed by atoms with van der Waals surface area (Å²) >= 11 is 0. The molecule has 0 amide bonds. The van der Waals surface area contributed by atoms with Gasteiger partial charge in [0.2, 0.25) is 0 Å². The number of rotatable bonds is 0. The minimum absolute atomic E-state index is 0. The van der Waals surface area contributed by atoms with E-state index in [2.05, 4.69) is 14.9 Å². The van der Waals surface area contributed by atoms with E-state index >= 15 is 0 Å². The highest BCUT2D eigenvalue weighted by atomic mass is 16.5. The molecule has 1 aromatic rings. The van der Waals surface area contributed by atoms with Crippen LogP contribution in [0.25, 0.3) is 0 Å². The summed E-state index contributed by atoms with van der Waals surface area (Å²) in [6.45, 7) is 0. The summed E-state index contributed by atoms with van der Waals surface area (Å²) in [7, 11) is 0. The third kappa shape index (κ3) is 0.813. The largest absolute Gasteiger partial charge is 0.346 e. The molecule has 0 saturated heterocycles. The highest BCUT2D eigenvalue weighted by Gasteiger charge is 1.61. The van der Waals surface area contributed by atoms with Gasteiger partial charge in [-0.05, 0) is 0 Å². The molecule has 0 aliphatic rings. The predicted molar refractivity (Wildman–Crippen MR) is 16.4 cm³/mol. The van der Waals surface area contributed by atoms with E-state index in [0.29, 0.717) is 0 Å². The van der Waals surface area contributed by atoms with Gasteiger partial charge in [-0.2, -0.15) is 0 Å². The fourth-order valence-electron chi connectivity index (χ4n) is 0.136. The molecule has 1 rings (SSSR count). The molecule has 0 saturated carbocycles. The molecule has 0 fully saturated rings. The molecular formula is C2H2N3O. The fraction of sp³-hybridized carbons (Fsp3) is 0. The summed E-state index contributed by atoms with van der Waals surface area (Å²) in [6.07, 6.45) is 2.88. The number of hydrogen-bond donors (Lipinski definition) is 0. The van der Waals surface area contributed by atoms with Gasteiger partial charge in [-0.3, -0.25) is 0 Å². The van der Waals surface area contributed by atoms with Crippen LogP contribution in [-0.4, -0.2) is 10.4 Å². The van der Waals surface area contributed by atoms with E-state index in [1.54, 1.807) is 0 Å². The van der Waals surface area contributed by atoms with E-state index in [1.807, 2.05) is 0 Å². The van der Waals surface area contributed by atoms with Gasteiger partial charge in [0.15, 0.2) is 0 Å². The Balaban J connectivity index is 0.000000250. The predicted octanol–water partition coefficient (Wildman–Crippen LogP) is -0.411. The first-order valence-corrected chi connectivity index (χ1v) is 1.21. The van der Waals surface area contributed by atoms with E-state index in [9.17, 15) is 0 Å². The second kappa shape index (κ2) is 2.34. The number of aromatic nitrogens is 2. The minimum atomic E-state index is 0. The Labute approximate surface area is 34.7 Å². The quantitative estimate of drug-likeness (QED) is 0.429. The Hall–Kier alpha value is -0.900. The highest BCUT2D eigenvalue weighted by Crippen LogP contribution is 1.64. The van der Waals surface area contributed by atoms with Gasteiger partial charge in [0.05, 0.1) is 6.20 Å². The maximum absolute atomic E-state index is 4.22. The zero-order chi connectivity index (χ0) is 3.54. The summed E-state index contributed by atoms with van der Waals surface area (Å²) < 4.78 is 4.22. The standard InChI is InChI=1S/C2H2N2O.N/c1-2-5-4-3-1;/h1-2H;. The monoisotopic (exact) mass is 84.0 g/mol. The van der Waals surface area contributed by atoms with E-state index < -0.39 is 0 Å². The Bertz CT molecular complexity index is 65.3. The van der Waals surface area contributed by atoms with Crippen LogP contribution in [0.2, 0.25) is 0 Å². The fourth-order valence-corrected chi connectivity index (χ4v) is 0.136. The lowest BCUT2D eigenvalue weighted by Crippen LogP contribution is -1.53. The van der Waals surface area contributed by atoms with Gasteiger partial charge in [-0.25, -0.2) is 0 Å². The van der Waals surface area contributed by atoms with Gasteiger partial charge in [0.1, 0.15) is 6.26 Å². The maximum atomic E-state index is 4.22. The SMILES string of the molecule is [N].c1conn1. The second-order valence-corrected chi connectivity index (χ2v) is 0.588. The van der Waals surface area contributed by atoms with Gasteiger partial charge in [-0.15, -0.1) is 5.10 Å². The van der Waals surface area contributed by atoms with Crippen molar-refractivity contribution in [2.75, 3.05) is 0 Å². The van der Waals surface area contributed by atoms with Crippen molar-refractivity contribution in [3.8, 4) is 0 Å². The van der Waals surface area contributed by atoms with Crippen molar-refractivity contribution in [3.05, 3.63) is 12.5 Å². The normalized spacial score (nSPS) is 6.67. The van der Waals surface area contributed by atoms with Gasteiger partial charge in [0, 0.05) is 11.4 Å². The topological polar surface area (TPSA) is 69.4 Å². The van der Waals surface area contributed by atoms with Crippen molar-refractivity contribution < 1.29 is 4.52 Å².